The van der Waals surface area contributed by atoms with E-state index in [0.717, 1.165) is 24.0 Å². The van der Waals surface area contributed by atoms with Gasteiger partial charge in [0.25, 0.3) is 0 Å². The standard InChI is InChI=1S/C22H26O3/c1-5-7-9-17(8-6-2)22(14-12-19(23)13-15-22)18-10-11-20(24-3)21(16-18)25-4/h5,7-12,14,16H,1,6,13,15H2,2-4H3/b9-7-,17-8+. The number of ketones is 1. The molecule has 25 heavy (non-hydrogen) atoms. The zero-order valence-corrected chi connectivity index (χ0v) is 15.2. The van der Waals surface area contributed by atoms with Crippen LogP contribution < -0.4 is 9.47 Å². The maximum atomic E-state index is 11.8. The lowest BCUT2D eigenvalue weighted by molar-refractivity contribution is -0.115. The molecule has 1 aromatic rings. The first-order chi connectivity index (χ1) is 12.1. The van der Waals surface area contributed by atoms with Crippen LogP contribution in [0.15, 0.2) is 66.8 Å². The van der Waals surface area contributed by atoms with Gasteiger partial charge in [0.05, 0.1) is 14.2 Å². The lowest BCUT2D eigenvalue weighted by Gasteiger charge is -2.35. The lowest BCUT2D eigenvalue weighted by atomic mass is 9.67. The van der Waals surface area contributed by atoms with Crippen molar-refractivity contribution in [3.63, 3.8) is 0 Å². The number of carbonyl (C=O) groups excluding carboxylic acids is 1. The van der Waals surface area contributed by atoms with Crippen LogP contribution >= 0.6 is 0 Å². The van der Waals surface area contributed by atoms with Crippen molar-refractivity contribution in [3.8, 4) is 11.5 Å². The molecule has 0 aliphatic heterocycles. The van der Waals surface area contributed by atoms with Crippen LogP contribution in [0.4, 0.5) is 0 Å². The Bertz CT molecular complexity index is 725. The van der Waals surface area contributed by atoms with Crippen molar-refractivity contribution < 1.29 is 14.3 Å². The summed E-state index contributed by atoms with van der Waals surface area (Å²) in [5.41, 5.74) is 1.89. The van der Waals surface area contributed by atoms with Gasteiger partial charge in [-0.3, -0.25) is 4.79 Å². The fourth-order valence-electron chi connectivity index (χ4n) is 3.27. The summed E-state index contributed by atoms with van der Waals surface area (Å²) in [5.74, 6) is 1.55. The number of allylic oxidation sites excluding steroid dienone is 7. The number of ether oxygens (including phenoxy) is 2. The second kappa shape index (κ2) is 8.52. The Morgan fingerprint density at radius 3 is 2.60 bits per heavy atom. The van der Waals surface area contributed by atoms with E-state index in [1.807, 2.05) is 30.4 Å². The van der Waals surface area contributed by atoms with Gasteiger partial charge in [0.15, 0.2) is 17.3 Å². The van der Waals surface area contributed by atoms with Crippen LogP contribution in [-0.4, -0.2) is 20.0 Å². The molecule has 3 heteroatoms. The molecule has 0 fully saturated rings. The Hall–Kier alpha value is -2.55. The molecule has 132 valence electrons. The zero-order chi connectivity index (χ0) is 18.3. The van der Waals surface area contributed by atoms with Crippen molar-refractivity contribution in [1.82, 2.24) is 0 Å². The summed E-state index contributed by atoms with van der Waals surface area (Å²) in [4.78, 5) is 11.8. The Labute approximate surface area is 150 Å². The SMILES string of the molecule is C=C/C=C\C(=C/CC)C1(c2ccc(OC)c(OC)c2)C=CC(=O)CC1. The third-order valence-corrected chi connectivity index (χ3v) is 4.57. The molecule has 1 aromatic carbocycles. The second-order valence-electron chi connectivity index (χ2n) is 6.00. The van der Waals surface area contributed by atoms with Crippen LogP contribution in [0.2, 0.25) is 0 Å². The van der Waals surface area contributed by atoms with Crippen molar-refractivity contribution in [2.75, 3.05) is 14.2 Å². The van der Waals surface area contributed by atoms with E-state index in [1.54, 1.807) is 26.4 Å². The molecule has 2 rings (SSSR count). The van der Waals surface area contributed by atoms with Crippen LogP contribution in [0, 0.1) is 0 Å². The van der Waals surface area contributed by atoms with Gasteiger partial charge in [0, 0.05) is 11.8 Å². The monoisotopic (exact) mass is 338 g/mol. The Balaban J connectivity index is 2.66. The molecular formula is C22H26O3. The smallest absolute Gasteiger partial charge is 0.161 e. The maximum Gasteiger partial charge on any atom is 0.161 e. The average Bonchev–Trinajstić information content (AvgIpc) is 2.65. The van der Waals surface area contributed by atoms with Gasteiger partial charge in [-0.05, 0) is 42.2 Å². The van der Waals surface area contributed by atoms with Gasteiger partial charge >= 0.3 is 0 Å². The molecule has 1 atom stereocenters. The molecule has 0 amide bonds. The molecule has 1 unspecified atom stereocenters. The van der Waals surface area contributed by atoms with Gasteiger partial charge in [-0.2, -0.15) is 0 Å². The minimum atomic E-state index is -0.358. The maximum absolute atomic E-state index is 11.8. The van der Waals surface area contributed by atoms with E-state index in [4.69, 9.17) is 9.47 Å². The second-order valence-corrected chi connectivity index (χ2v) is 6.00. The van der Waals surface area contributed by atoms with E-state index < -0.39 is 0 Å². The predicted octanol–water partition coefficient (Wildman–Crippen LogP) is 4.94. The Morgan fingerprint density at radius 1 is 1.28 bits per heavy atom. The van der Waals surface area contributed by atoms with Crippen LogP contribution in [-0.2, 0) is 10.2 Å². The molecule has 0 saturated heterocycles. The van der Waals surface area contributed by atoms with Crippen LogP contribution in [0.25, 0.3) is 0 Å². The summed E-state index contributed by atoms with van der Waals surface area (Å²) < 4.78 is 10.8. The van der Waals surface area contributed by atoms with E-state index in [9.17, 15) is 4.79 Å². The lowest BCUT2D eigenvalue weighted by Crippen LogP contribution is -2.30. The highest BCUT2D eigenvalue weighted by atomic mass is 16.5. The first-order valence-corrected chi connectivity index (χ1v) is 8.55. The number of hydrogen-bond donors (Lipinski definition) is 0. The van der Waals surface area contributed by atoms with Gasteiger partial charge in [0.1, 0.15) is 0 Å². The number of methoxy groups -OCH3 is 2. The van der Waals surface area contributed by atoms with E-state index in [-0.39, 0.29) is 11.2 Å². The van der Waals surface area contributed by atoms with E-state index >= 15 is 0 Å². The Morgan fingerprint density at radius 2 is 2.04 bits per heavy atom. The van der Waals surface area contributed by atoms with Gasteiger partial charge in [-0.1, -0.05) is 49.9 Å². The van der Waals surface area contributed by atoms with E-state index in [0.29, 0.717) is 17.9 Å². The van der Waals surface area contributed by atoms with Crippen molar-refractivity contribution in [2.45, 2.75) is 31.6 Å². The van der Waals surface area contributed by atoms with E-state index in [1.165, 1.54) is 0 Å². The number of rotatable bonds is 7. The van der Waals surface area contributed by atoms with Gasteiger partial charge in [-0.15, -0.1) is 0 Å². The predicted molar refractivity (Wildman–Crippen MR) is 102 cm³/mol. The summed E-state index contributed by atoms with van der Waals surface area (Å²) in [6.45, 7) is 5.89. The summed E-state index contributed by atoms with van der Waals surface area (Å²) >= 11 is 0. The summed E-state index contributed by atoms with van der Waals surface area (Å²) in [5, 5.41) is 0. The summed E-state index contributed by atoms with van der Waals surface area (Å²) in [7, 11) is 3.26. The first kappa shape index (κ1) is 18.8. The summed E-state index contributed by atoms with van der Waals surface area (Å²) in [6.07, 6.45) is 13.9. The zero-order valence-electron chi connectivity index (χ0n) is 15.2. The third kappa shape index (κ3) is 3.93. The molecule has 0 radical (unpaired) electrons. The third-order valence-electron chi connectivity index (χ3n) is 4.57. The molecule has 0 aromatic heterocycles. The topological polar surface area (TPSA) is 35.5 Å². The van der Waals surface area contributed by atoms with Gasteiger partial charge in [0.2, 0.25) is 0 Å². The van der Waals surface area contributed by atoms with Crippen molar-refractivity contribution in [2.24, 2.45) is 0 Å². The number of carbonyl (C=O) groups is 1. The molecule has 0 bridgehead atoms. The molecular weight excluding hydrogens is 312 g/mol. The minimum Gasteiger partial charge on any atom is -0.493 e. The van der Waals surface area contributed by atoms with E-state index in [2.05, 4.69) is 25.7 Å². The molecule has 0 heterocycles. The minimum absolute atomic E-state index is 0.166. The van der Waals surface area contributed by atoms with Crippen LogP contribution in [0.1, 0.15) is 31.7 Å². The fourth-order valence-corrected chi connectivity index (χ4v) is 3.27. The molecule has 0 spiro atoms. The highest BCUT2D eigenvalue weighted by Crippen LogP contribution is 2.44. The van der Waals surface area contributed by atoms with Crippen LogP contribution in [0.3, 0.4) is 0 Å². The van der Waals surface area contributed by atoms with Gasteiger partial charge in [-0.25, -0.2) is 0 Å². The normalized spacial score (nSPS) is 20.8. The molecule has 0 saturated carbocycles. The van der Waals surface area contributed by atoms with Crippen molar-refractivity contribution in [3.05, 3.63) is 72.4 Å². The molecule has 1 aliphatic rings. The van der Waals surface area contributed by atoms with Crippen molar-refractivity contribution in [1.29, 1.82) is 0 Å². The highest BCUT2D eigenvalue weighted by molar-refractivity contribution is 5.91. The molecule has 1 aliphatic carbocycles. The Kier molecular flexibility index (Phi) is 6.40. The number of benzene rings is 1. The van der Waals surface area contributed by atoms with Gasteiger partial charge < -0.3 is 9.47 Å². The largest absolute Gasteiger partial charge is 0.493 e. The fraction of sp³-hybridized carbons (Fsp3) is 0.318. The average molecular weight is 338 g/mol. The quantitative estimate of drug-likeness (QED) is 0.661. The summed E-state index contributed by atoms with van der Waals surface area (Å²) in [6, 6.07) is 5.97. The highest BCUT2D eigenvalue weighted by Gasteiger charge is 2.35. The number of hydrogen-bond acceptors (Lipinski definition) is 3. The first-order valence-electron chi connectivity index (χ1n) is 8.55. The molecule has 0 N–H and O–H groups in total. The molecule has 3 nitrogen and oxygen atoms in total. The van der Waals surface area contributed by atoms with Crippen LogP contribution in [0.5, 0.6) is 11.5 Å². The van der Waals surface area contributed by atoms with Crippen molar-refractivity contribution >= 4 is 5.78 Å².